The number of hydrogen-bond donors (Lipinski definition) is 0. The van der Waals surface area contributed by atoms with Gasteiger partial charge < -0.3 is 4.74 Å². The lowest BCUT2D eigenvalue weighted by atomic mass is 9.89. The van der Waals surface area contributed by atoms with Crippen LogP contribution >= 0.6 is 0 Å². The average molecular weight is 166 g/mol. The number of carbonyl (C=O) groups excluding carboxylic acids is 1. The number of ether oxygens (including phenoxy) is 1. The van der Waals surface area contributed by atoms with Gasteiger partial charge in [-0.05, 0) is 12.5 Å². The lowest BCUT2D eigenvalue weighted by Gasteiger charge is -2.14. The molecule has 1 saturated heterocycles. The van der Waals surface area contributed by atoms with Crippen molar-refractivity contribution < 1.29 is 9.53 Å². The Bertz CT molecular complexity index is 230. The van der Waals surface area contributed by atoms with Crippen LogP contribution in [0.2, 0.25) is 0 Å². The molecule has 2 heteroatoms. The average Bonchev–Trinajstić information content (AvgIpc) is 2.29. The topological polar surface area (TPSA) is 26.3 Å². The van der Waals surface area contributed by atoms with Crippen molar-refractivity contribution in [3.63, 3.8) is 0 Å². The van der Waals surface area contributed by atoms with Gasteiger partial charge in [0.2, 0.25) is 0 Å². The van der Waals surface area contributed by atoms with E-state index in [-0.39, 0.29) is 23.9 Å². The number of hydrogen-bond acceptors (Lipinski definition) is 2. The predicted molar refractivity (Wildman–Crippen MR) is 47.5 cm³/mol. The first-order chi connectivity index (χ1) is 5.57. The third kappa shape index (κ3) is 1.29. The molecule has 3 atom stereocenters. The van der Waals surface area contributed by atoms with Crippen LogP contribution in [0.3, 0.4) is 0 Å². The van der Waals surface area contributed by atoms with E-state index in [4.69, 9.17) is 4.74 Å². The Kier molecular flexibility index (Phi) is 2.36. The van der Waals surface area contributed by atoms with Gasteiger partial charge in [0.15, 0.2) is 0 Å². The minimum atomic E-state index is -0.162. The zero-order valence-corrected chi connectivity index (χ0v) is 7.54. The minimum Gasteiger partial charge on any atom is -0.457 e. The molecule has 1 heterocycles. The molecule has 1 rings (SSSR count). The quantitative estimate of drug-likeness (QED) is 0.463. The summed E-state index contributed by atoms with van der Waals surface area (Å²) in [5, 5.41) is 0. The molecule has 0 bridgehead atoms. The highest BCUT2D eigenvalue weighted by molar-refractivity contribution is 5.75. The molecule has 1 fully saturated rings. The maximum absolute atomic E-state index is 11.1. The van der Waals surface area contributed by atoms with Gasteiger partial charge in [0.25, 0.3) is 0 Å². The largest absolute Gasteiger partial charge is 0.457 e. The van der Waals surface area contributed by atoms with Crippen LogP contribution in [0.4, 0.5) is 0 Å². The Morgan fingerprint density at radius 2 is 2.25 bits per heavy atom. The van der Waals surface area contributed by atoms with Crippen molar-refractivity contribution in [1.29, 1.82) is 0 Å². The fourth-order valence-corrected chi connectivity index (χ4v) is 1.49. The van der Waals surface area contributed by atoms with E-state index in [0.29, 0.717) is 0 Å². The summed E-state index contributed by atoms with van der Waals surface area (Å²) in [5.74, 6) is -0.132. The van der Waals surface area contributed by atoms with Gasteiger partial charge in [-0.25, -0.2) is 0 Å². The molecule has 0 N–H and O–H groups in total. The van der Waals surface area contributed by atoms with Crippen LogP contribution < -0.4 is 0 Å². The van der Waals surface area contributed by atoms with Crippen molar-refractivity contribution in [2.75, 3.05) is 0 Å². The van der Waals surface area contributed by atoms with Crippen LogP contribution in [0.25, 0.3) is 0 Å². The van der Waals surface area contributed by atoms with Gasteiger partial charge in [0.1, 0.15) is 6.10 Å². The predicted octanol–water partition coefficient (Wildman–Crippen LogP) is 1.93. The van der Waals surface area contributed by atoms with E-state index in [1.807, 2.05) is 13.8 Å². The van der Waals surface area contributed by atoms with Gasteiger partial charge >= 0.3 is 5.97 Å². The van der Waals surface area contributed by atoms with Crippen LogP contribution in [0, 0.1) is 11.8 Å². The minimum absolute atomic E-state index is 0.0794. The van der Waals surface area contributed by atoms with Crippen LogP contribution in [-0.4, -0.2) is 12.1 Å². The summed E-state index contributed by atoms with van der Waals surface area (Å²) in [5.41, 5.74) is 0.887. The number of cyclic esters (lactones) is 1. The van der Waals surface area contributed by atoms with E-state index in [1.54, 1.807) is 6.08 Å². The van der Waals surface area contributed by atoms with Gasteiger partial charge in [0.05, 0.1) is 5.92 Å². The normalized spacial score (nSPS) is 34.5. The Hall–Kier alpha value is -1.05. The molecule has 0 aliphatic carbocycles. The lowest BCUT2D eigenvalue weighted by molar-refractivity contribution is -0.142. The van der Waals surface area contributed by atoms with Crippen molar-refractivity contribution in [1.82, 2.24) is 0 Å². The van der Waals surface area contributed by atoms with E-state index in [9.17, 15) is 4.79 Å². The second-order valence-corrected chi connectivity index (χ2v) is 3.31. The molecule has 3 unspecified atom stereocenters. The van der Waals surface area contributed by atoms with Gasteiger partial charge in [-0.2, -0.15) is 0 Å². The zero-order chi connectivity index (χ0) is 9.30. The first kappa shape index (κ1) is 9.04. The molecule has 0 aromatic carbocycles. The van der Waals surface area contributed by atoms with Crippen molar-refractivity contribution in [2.45, 2.75) is 20.0 Å². The summed E-state index contributed by atoms with van der Waals surface area (Å²) < 4.78 is 5.13. The molecule has 1 aliphatic rings. The highest BCUT2D eigenvalue weighted by Gasteiger charge is 2.39. The molecule has 0 radical (unpaired) electrons. The summed E-state index contributed by atoms with van der Waals surface area (Å²) in [6.45, 7) is 11.2. The van der Waals surface area contributed by atoms with Gasteiger partial charge in [-0.15, -0.1) is 6.58 Å². The number of carbonyl (C=O) groups is 1. The smallest absolute Gasteiger partial charge is 0.310 e. The summed E-state index contributed by atoms with van der Waals surface area (Å²) in [7, 11) is 0. The number of esters is 1. The highest BCUT2D eigenvalue weighted by atomic mass is 16.6. The van der Waals surface area contributed by atoms with E-state index in [1.165, 1.54) is 0 Å². The van der Waals surface area contributed by atoms with E-state index >= 15 is 0 Å². The standard InChI is InChI=1S/C10H14O2/c1-5-8-7(4)10(11)12-9(8)6(2)3/h5,7-9H,1-2H2,3-4H3. The van der Waals surface area contributed by atoms with Crippen molar-refractivity contribution in [3.05, 3.63) is 24.8 Å². The Labute approximate surface area is 72.9 Å². The monoisotopic (exact) mass is 166 g/mol. The van der Waals surface area contributed by atoms with Crippen molar-refractivity contribution in [3.8, 4) is 0 Å². The lowest BCUT2D eigenvalue weighted by Crippen LogP contribution is -2.17. The van der Waals surface area contributed by atoms with Crippen molar-refractivity contribution >= 4 is 5.97 Å². The summed E-state index contributed by atoms with van der Waals surface area (Å²) >= 11 is 0. The molecule has 0 amide bonds. The third-order valence-corrected chi connectivity index (χ3v) is 2.30. The molecule has 1 aliphatic heterocycles. The molecule has 0 aromatic rings. The van der Waals surface area contributed by atoms with Gasteiger partial charge in [-0.3, -0.25) is 4.79 Å². The van der Waals surface area contributed by atoms with Crippen LogP contribution in [0.5, 0.6) is 0 Å². The van der Waals surface area contributed by atoms with Crippen molar-refractivity contribution in [2.24, 2.45) is 11.8 Å². The molecular weight excluding hydrogens is 152 g/mol. The molecule has 66 valence electrons. The van der Waals surface area contributed by atoms with Crippen LogP contribution in [-0.2, 0) is 9.53 Å². The third-order valence-electron chi connectivity index (χ3n) is 2.30. The summed E-state index contributed by atoms with van der Waals surface area (Å²) in [6.07, 6.45) is 1.61. The SMILES string of the molecule is C=CC1C(C)C(=O)OC1C(=C)C. The van der Waals surface area contributed by atoms with Gasteiger partial charge in [0, 0.05) is 5.92 Å². The van der Waals surface area contributed by atoms with E-state index in [0.717, 1.165) is 5.57 Å². The van der Waals surface area contributed by atoms with Crippen LogP contribution in [0.1, 0.15) is 13.8 Å². The Balaban J connectivity index is 2.85. The second kappa shape index (κ2) is 3.13. The summed E-state index contributed by atoms with van der Waals surface area (Å²) in [6, 6.07) is 0. The molecule has 0 aromatic heterocycles. The summed E-state index contributed by atoms with van der Waals surface area (Å²) in [4.78, 5) is 11.1. The Morgan fingerprint density at radius 3 is 2.58 bits per heavy atom. The van der Waals surface area contributed by atoms with Crippen LogP contribution in [0.15, 0.2) is 24.8 Å². The highest BCUT2D eigenvalue weighted by Crippen LogP contribution is 2.32. The maximum atomic E-state index is 11.1. The maximum Gasteiger partial charge on any atom is 0.310 e. The van der Waals surface area contributed by atoms with E-state index < -0.39 is 0 Å². The first-order valence-corrected chi connectivity index (χ1v) is 4.06. The first-order valence-electron chi connectivity index (χ1n) is 4.06. The zero-order valence-electron chi connectivity index (χ0n) is 7.54. The van der Waals surface area contributed by atoms with Gasteiger partial charge in [-0.1, -0.05) is 19.6 Å². The fourth-order valence-electron chi connectivity index (χ4n) is 1.49. The molecule has 0 spiro atoms. The molecule has 2 nitrogen and oxygen atoms in total. The second-order valence-electron chi connectivity index (χ2n) is 3.31. The molecule has 0 saturated carbocycles. The molecule has 12 heavy (non-hydrogen) atoms. The fraction of sp³-hybridized carbons (Fsp3) is 0.500. The molecular formula is C10H14O2. The van der Waals surface area contributed by atoms with E-state index in [2.05, 4.69) is 13.2 Å². The Morgan fingerprint density at radius 1 is 1.67 bits per heavy atom. The number of rotatable bonds is 2.